The zero-order valence-electron chi connectivity index (χ0n) is 10.9. The summed E-state index contributed by atoms with van der Waals surface area (Å²) in [6.45, 7) is 0.401. The van der Waals surface area contributed by atoms with Crippen molar-refractivity contribution in [2.24, 2.45) is 0 Å². The molecule has 2 aromatic carbocycles. The van der Waals surface area contributed by atoms with E-state index in [-0.39, 0.29) is 11.5 Å². The molecule has 2 rings (SSSR count). The van der Waals surface area contributed by atoms with Crippen molar-refractivity contribution in [3.8, 4) is 0 Å². The van der Waals surface area contributed by atoms with Crippen LogP contribution in [0.2, 0.25) is 0 Å². The van der Waals surface area contributed by atoms with E-state index in [0.717, 1.165) is 0 Å². The predicted molar refractivity (Wildman–Crippen MR) is 75.9 cm³/mol. The van der Waals surface area contributed by atoms with Gasteiger partial charge in [-0.2, -0.15) is 0 Å². The van der Waals surface area contributed by atoms with E-state index in [1.807, 2.05) is 6.07 Å². The van der Waals surface area contributed by atoms with Crippen LogP contribution in [0.1, 0.15) is 26.3 Å². The van der Waals surface area contributed by atoms with Crippen molar-refractivity contribution in [1.82, 2.24) is 5.32 Å². The lowest BCUT2D eigenvalue weighted by molar-refractivity contribution is 0.0695. The van der Waals surface area contributed by atoms with E-state index >= 15 is 0 Å². The Kier molecular flexibility index (Phi) is 4.50. The minimum Gasteiger partial charge on any atom is -0.478 e. The van der Waals surface area contributed by atoms with Crippen molar-refractivity contribution >= 4 is 11.9 Å². The quantitative estimate of drug-likeness (QED) is 0.875. The Bertz CT molecular complexity index is 608. The van der Waals surface area contributed by atoms with Gasteiger partial charge in [-0.1, -0.05) is 36.4 Å². The van der Waals surface area contributed by atoms with Gasteiger partial charge in [0.15, 0.2) is 0 Å². The molecule has 0 aliphatic rings. The van der Waals surface area contributed by atoms with Gasteiger partial charge in [-0.3, -0.25) is 4.79 Å². The lowest BCUT2D eigenvalue weighted by Crippen LogP contribution is -2.26. The Labute approximate surface area is 117 Å². The third-order valence-electron chi connectivity index (χ3n) is 2.96. The number of carbonyl (C=O) groups is 2. The van der Waals surface area contributed by atoms with Crippen LogP contribution in [0.25, 0.3) is 0 Å². The minimum atomic E-state index is -0.949. The highest BCUT2D eigenvalue weighted by Gasteiger charge is 2.09. The van der Waals surface area contributed by atoms with E-state index < -0.39 is 5.97 Å². The Balaban J connectivity index is 1.94. The van der Waals surface area contributed by atoms with Gasteiger partial charge >= 0.3 is 5.97 Å². The van der Waals surface area contributed by atoms with Crippen LogP contribution >= 0.6 is 0 Å². The first-order valence-electron chi connectivity index (χ1n) is 6.33. The Morgan fingerprint density at radius 2 is 1.60 bits per heavy atom. The fourth-order valence-electron chi connectivity index (χ4n) is 1.95. The SMILES string of the molecule is O=C(NCCc1ccccc1C(=O)O)c1ccccc1. The van der Waals surface area contributed by atoms with E-state index in [0.29, 0.717) is 24.1 Å². The Morgan fingerprint density at radius 1 is 0.950 bits per heavy atom. The van der Waals surface area contributed by atoms with Crippen LogP contribution in [-0.2, 0) is 6.42 Å². The Morgan fingerprint density at radius 3 is 2.30 bits per heavy atom. The molecule has 0 saturated heterocycles. The highest BCUT2D eigenvalue weighted by molar-refractivity contribution is 5.94. The summed E-state index contributed by atoms with van der Waals surface area (Å²) in [5.74, 6) is -1.10. The summed E-state index contributed by atoms with van der Waals surface area (Å²) in [5.41, 5.74) is 1.59. The van der Waals surface area contributed by atoms with Crippen molar-refractivity contribution in [3.05, 3.63) is 71.3 Å². The van der Waals surface area contributed by atoms with E-state index in [1.54, 1.807) is 48.5 Å². The Hall–Kier alpha value is -2.62. The van der Waals surface area contributed by atoms with E-state index in [2.05, 4.69) is 5.32 Å². The molecule has 0 heterocycles. The zero-order valence-corrected chi connectivity index (χ0v) is 10.9. The highest BCUT2D eigenvalue weighted by Crippen LogP contribution is 2.09. The summed E-state index contributed by atoms with van der Waals surface area (Å²) in [6, 6.07) is 15.7. The van der Waals surface area contributed by atoms with Gasteiger partial charge in [0, 0.05) is 12.1 Å². The first kappa shape index (κ1) is 13.8. The topological polar surface area (TPSA) is 66.4 Å². The van der Waals surface area contributed by atoms with E-state index in [9.17, 15) is 9.59 Å². The van der Waals surface area contributed by atoms with Crippen molar-refractivity contribution in [3.63, 3.8) is 0 Å². The van der Waals surface area contributed by atoms with Crippen molar-refractivity contribution in [2.75, 3.05) is 6.54 Å². The number of amides is 1. The van der Waals surface area contributed by atoms with Gasteiger partial charge in [-0.25, -0.2) is 4.79 Å². The molecule has 0 radical (unpaired) electrons. The first-order chi connectivity index (χ1) is 9.68. The summed E-state index contributed by atoms with van der Waals surface area (Å²) in [5, 5.41) is 11.8. The second-order valence-corrected chi connectivity index (χ2v) is 4.33. The van der Waals surface area contributed by atoms with E-state index in [4.69, 9.17) is 5.11 Å². The molecule has 20 heavy (non-hydrogen) atoms. The summed E-state index contributed by atoms with van der Waals surface area (Å²) in [7, 11) is 0. The number of carboxylic acid groups (broad SMARTS) is 1. The molecular weight excluding hydrogens is 254 g/mol. The molecule has 2 N–H and O–H groups in total. The van der Waals surface area contributed by atoms with Gasteiger partial charge in [0.25, 0.3) is 5.91 Å². The van der Waals surface area contributed by atoms with Crippen LogP contribution in [0.5, 0.6) is 0 Å². The molecule has 1 amide bonds. The summed E-state index contributed by atoms with van der Waals surface area (Å²) < 4.78 is 0. The van der Waals surface area contributed by atoms with Gasteiger partial charge in [0.05, 0.1) is 5.56 Å². The average molecular weight is 269 g/mol. The third kappa shape index (κ3) is 3.45. The molecule has 0 aliphatic carbocycles. The number of aromatic carboxylic acids is 1. The van der Waals surface area contributed by atoms with Crippen molar-refractivity contribution in [1.29, 1.82) is 0 Å². The van der Waals surface area contributed by atoms with Gasteiger partial charge in [0.2, 0.25) is 0 Å². The van der Waals surface area contributed by atoms with Gasteiger partial charge in [-0.15, -0.1) is 0 Å². The molecule has 4 nitrogen and oxygen atoms in total. The molecule has 0 aromatic heterocycles. The number of carbonyl (C=O) groups excluding carboxylic acids is 1. The number of hydrogen-bond acceptors (Lipinski definition) is 2. The summed E-state index contributed by atoms with van der Waals surface area (Å²) in [4.78, 5) is 22.9. The molecule has 0 fully saturated rings. The standard InChI is InChI=1S/C16H15NO3/c18-15(13-7-2-1-3-8-13)17-11-10-12-6-4-5-9-14(12)16(19)20/h1-9H,10-11H2,(H,17,18)(H,19,20). The van der Waals surface area contributed by atoms with Crippen molar-refractivity contribution in [2.45, 2.75) is 6.42 Å². The molecule has 0 bridgehead atoms. The van der Waals surface area contributed by atoms with E-state index in [1.165, 1.54) is 0 Å². The van der Waals surface area contributed by atoms with Gasteiger partial charge in [-0.05, 0) is 30.2 Å². The monoisotopic (exact) mass is 269 g/mol. The second-order valence-electron chi connectivity index (χ2n) is 4.33. The lowest BCUT2D eigenvalue weighted by Gasteiger charge is -2.07. The minimum absolute atomic E-state index is 0.154. The molecule has 0 unspecified atom stereocenters. The smallest absolute Gasteiger partial charge is 0.335 e. The summed E-state index contributed by atoms with van der Waals surface area (Å²) in [6.07, 6.45) is 0.487. The number of benzene rings is 2. The summed E-state index contributed by atoms with van der Waals surface area (Å²) >= 11 is 0. The molecule has 0 atom stereocenters. The fourth-order valence-corrected chi connectivity index (χ4v) is 1.95. The van der Waals surface area contributed by atoms with Crippen LogP contribution < -0.4 is 5.32 Å². The molecule has 4 heteroatoms. The molecule has 0 aliphatic heterocycles. The highest BCUT2D eigenvalue weighted by atomic mass is 16.4. The number of rotatable bonds is 5. The normalized spacial score (nSPS) is 10.0. The van der Waals surface area contributed by atoms with Gasteiger partial charge < -0.3 is 10.4 Å². The van der Waals surface area contributed by atoms with Crippen LogP contribution in [0.3, 0.4) is 0 Å². The van der Waals surface area contributed by atoms with Gasteiger partial charge in [0.1, 0.15) is 0 Å². The molecule has 0 spiro atoms. The maximum Gasteiger partial charge on any atom is 0.335 e. The van der Waals surface area contributed by atoms with Crippen LogP contribution in [0.15, 0.2) is 54.6 Å². The van der Waals surface area contributed by atoms with Crippen LogP contribution in [0, 0.1) is 0 Å². The average Bonchev–Trinajstić information content (AvgIpc) is 2.48. The maximum absolute atomic E-state index is 11.8. The number of hydrogen-bond donors (Lipinski definition) is 2. The molecule has 0 saturated carbocycles. The molecule has 2 aromatic rings. The zero-order chi connectivity index (χ0) is 14.4. The number of carboxylic acids is 1. The van der Waals surface area contributed by atoms with Crippen LogP contribution in [0.4, 0.5) is 0 Å². The first-order valence-corrected chi connectivity index (χ1v) is 6.33. The fraction of sp³-hybridized carbons (Fsp3) is 0.125. The molecule has 102 valence electrons. The lowest BCUT2D eigenvalue weighted by atomic mass is 10.0. The third-order valence-corrected chi connectivity index (χ3v) is 2.96. The largest absolute Gasteiger partial charge is 0.478 e. The second kappa shape index (κ2) is 6.52. The predicted octanol–water partition coefficient (Wildman–Crippen LogP) is 2.36. The molecular formula is C16H15NO3. The number of nitrogens with one attached hydrogen (secondary N) is 1. The van der Waals surface area contributed by atoms with Crippen molar-refractivity contribution < 1.29 is 14.7 Å². The van der Waals surface area contributed by atoms with Crippen LogP contribution in [-0.4, -0.2) is 23.5 Å². The maximum atomic E-state index is 11.8.